The van der Waals surface area contributed by atoms with Gasteiger partial charge >= 0.3 is 5.97 Å². The van der Waals surface area contributed by atoms with Crippen LogP contribution in [0.15, 0.2) is 42.7 Å². The molecule has 0 aliphatic rings. The molecule has 0 unspecified atom stereocenters. The van der Waals surface area contributed by atoms with Crippen molar-refractivity contribution in [3.05, 3.63) is 59.4 Å². The van der Waals surface area contributed by atoms with Crippen LogP contribution in [-0.4, -0.2) is 30.9 Å². The zero-order chi connectivity index (χ0) is 17.3. The summed E-state index contributed by atoms with van der Waals surface area (Å²) in [6.07, 6.45) is 2.72. The Balaban J connectivity index is 2.02. The number of aromatic nitrogens is 3. The number of hydrogen-bond donors (Lipinski definition) is 2. The molecule has 0 aliphatic heterocycles. The number of carboxylic acid groups (broad SMARTS) is 1. The minimum Gasteiger partial charge on any atom is -0.493 e. The van der Waals surface area contributed by atoms with E-state index < -0.39 is 5.97 Å². The molecule has 7 heteroatoms. The van der Waals surface area contributed by atoms with Gasteiger partial charge < -0.3 is 10.2 Å². The average Bonchev–Trinajstić information content (AvgIpc) is 2.96. The Morgan fingerprint density at radius 1 is 1.25 bits per heavy atom. The number of nitrogens with zero attached hydrogens (tertiary/aromatic N) is 4. The molecule has 0 bridgehead atoms. The molecule has 2 heterocycles. The molecule has 3 aromatic rings. The highest BCUT2D eigenvalue weighted by atomic mass is 16.4. The van der Waals surface area contributed by atoms with Gasteiger partial charge in [-0.05, 0) is 36.2 Å². The third kappa shape index (κ3) is 2.57. The van der Waals surface area contributed by atoms with Crippen molar-refractivity contribution >= 4 is 5.97 Å². The van der Waals surface area contributed by atoms with Crippen LogP contribution in [-0.2, 0) is 0 Å². The van der Waals surface area contributed by atoms with Gasteiger partial charge in [-0.15, -0.1) is 0 Å². The van der Waals surface area contributed by atoms with E-state index in [-0.39, 0.29) is 11.4 Å². The minimum absolute atomic E-state index is 0.0951. The van der Waals surface area contributed by atoms with E-state index in [9.17, 15) is 9.90 Å². The van der Waals surface area contributed by atoms with E-state index in [2.05, 4.69) is 10.1 Å². The summed E-state index contributed by atoms with van der Waals surface area (Å²) >= 11 is 0. The number of nitriles is 1. The van der Waals surface area contributed by atoms with Crippen molar-refractivity contribution in [2.24, 2.45) is 0 Å². The molecule has 0 aliphatic carbocycles. The first-order chi connectivity index (χ1) is 11.5. The van der Waals surface area contributed by atoms with Crippen LogP contribution in [0.2, 0.25) is 0 Å². The molecule has 24 heavy (non-hydrogen) atoms. The lowest BCUT2D eigenvalue weighted by Gasteiger charge is -2.06. The van der Waals surface area contributed by atoms with Gasteiger partial charge in [0.2, 0.25) is 5.88 Å². The highest BCUT2D eigenvalue weighted by Gasteiger charge is 2.16. The summed E-state index contributed by atoms with van der Waals surface area (Å²) in [6.45, 7) is 1.65. The molecule has 0 amide bonds. The summed E-state index contributed by atoms with van der Waals surface area (Å²) in [5, 5.41) is 32.4. The number of carbonyl (C=O) groups is 1. The van der Waals surface area contributed by atoms with Gasteiger partial charge in [0, 0.05) is 6.20 Å². The highest BCUT2D eigenvalue weighted by molar-refractivity contribution is 5.89. The Labute approximate surface area is 137 Å². The van der Waals surface area contributed by atoms with Crippen LogP contribution in [0.3, 0.4) is 0 Å². The smallest absolute Gasteiger partial charge is 0.337 e. The van der Waals surface area contributed by atoms with Crippen molar-refractivity contribution in [3.8, 4) is 28.9 Å². The van der Waals surface area contributed by atoms with Crippen LogP contribution in [0.4, 0.5) is 0 Å². The normalized spacial score (nSPS) is 10.3. The van der Waals surface area contributed by atoms with Crippen molar-refractivity contribution in [2.45, 2.75) is 6.92 Å². The van der Waals surface area contributed by atoms with Crippen LogP contribution in [0, 0.1) is 18.3 Å². The standard InChI is InChI=1S/C17H12N4O3/c1-10-6-15(19-8-13(10)17(23)24)21-16(22)14(9-20-21)12-4-2-11(7-18)3-5-12/h2-6,8-9,22H,1H3,(H,23,24). The summed E-state index contributed by atoms with van der Waals surface area (Å²) in [4.78, 5) is 15.1. The lowest BCUT2D eigenvalue weighted by molar-refractivity contribution is 0.0695. The molecule has 3 rings (SSSR count). The number of hydrogen-bond acceptors (Lipinski definition) is 5. The Hall–Kier alpha value is -3.66. The molecule has 0 saturated carbocycles. The maximum Gasteiger partial charge on any atom is 0.337 e. The molecule has 2 aromatic heterocycles. The molecule has 0 fully saturated rings. The van der Waals surface area contributed by atoms with Crippen LogP contribution in [0.1, 0.15) is 21.5 Å². The topological polar surface area (TPSA) is 112 Å². The number of benzene rings is 1. The van der Waals surface area contributed by atoms with Gasteiger partial charge in [0.15, 0.2) is 5.82 Å². The maximum atomic E-state index is 11.0. The second-order valence-corrected chi connectivity index (χ2v) is 5.15. The van der Waals surface area contributed by atoms with Gasteiger partial charge in [-0.1, -0.05) is 12.1 Å². The Morgan fingerprint density at radius 3 is 2.54 bits per heavy atom. The Kier molecular flexibility index (Phi) is 3.72. The third-order valence-electron chi connectivity index (χ3n) is 3.61. The van der Waals surface area contributed by atoms with Gasteiger partial charge in [-0.25, -0.2) is 9.78 Å². The number of rotatable bonds is 3. The maximum absolute atomic E-state index is 11.0. The van der Waals surface area contributed by atoms with Gasteiger partial charge in [-0.2, -0.15) is 15.0 Å². The highest BCUT2D eigenvalue weighted by Crippen LogP contribution is 2.30. The summed E-state index contributed by atoms with van der Waals surface area (Å²) in [5.41, 5.74) is 2.32. The lowest BCUT2D eigenvalue weighted by atomic mass is 10.1. The molecular formula is C17H12N4O3. The summed E-state index contributed by atoms with van der Waals surface area (Å²) in [7, 11) is 0. The van der Waals surface area contributed by atoms with Crippen LogP contribution in [0.5, 0.6) is 5.88 Å². The molecular weight excluding hydrogens is 308 g/mol. The molecule has 0 atom stereocenters. The average molecular weight is 320 g/mol. The van der Waals surface area contributed by atoms with E-state index in [1.54, 1.807) is 37.3 Å². The molecule has 1 aromatic carbocycles. The zero-order valence-corrected chi connectivity index (χ0v) is 12.6. The van der Waals surface area contributed by atoms with Crippen LogP contribution >= 0.6 is 0 Å². The zero-order valence-electron chi connectivity index (χ0n) is 12.6. The van der Waals surface area contributed by atoms with Crippen molar-refractivity contribution < 1.29 is 15.0 Å². The number of aryl methyl sites for hydroxylation is 1. The fraction of sp³-hybridized carbons (Fsp3) is 0.0588. The van der Waals surface area contributed by atoms with Crippen molar-refractivity contribution in [3.63, 3.8) is 0 Å². The van der Waals surface area contributed by atoms with E-state index in [1.165, 1.54) is 17.1 Å². The van der Waals surface area contributed by atoms with E-state index in [1.807, 2.05) is 6.07 Å². The van der Waals surface area contributed by atoms with E-state index in [0.29, 0.717) is 28.1 Å². The summed E-state index contributed by atoms with van der Waals surface area (Å²) in [6, 6.07) is 10.3. The fourth-order valence-electron chi connectivity index (χ4n) is 2.32. The number of aromatic carboxylic acids is 1. The monoisotopic (exact) mass is 320 g/mol. The largest absolute Gasteiger partial charge is 0.493 e. The quantitative estimate of drug-likeness (QED) is 0.767. The van der Waals surface area contributed by atoms with Crippen LogP contribution in [0.25, 0.3) is 16.9 Å². The van der Waals surface area contributed by atoms with Gasteiger partial charge in [0.1, 0.15) is 0 Å². The molecule has 0 spiro atoms. The number of pyridine rings is 1. The van der Waals surface area contributed by atoms with Gasteiger partial charge in [-0.3, -0.25) is 0 Å². The Morgan fingerprint density at radius 2 is 1.96 bits per heavy atom. The van der Waals surface area contributed by atoms with Gasteiger partial charge in [0.25, 0.3) is 0 Å². The predicted molar refractivity (Wildman–Crippen MR) is 84.9 cm³/mol. The van der Waals surface area contributed by atoms with Crippen LogP contribution < -0.4 is 0 Å². The summed E-state index contributed by atoms with van der Waals surface area (Å²) < 4.78 is 1.23. The van der Waals surface area contributed by atoms with E-state index in [0.717, 1.165) is 0 Å². The summed E-state index contributed by atoms with van der Waals surface area (Å²) in [5.74, 6) is -0.862. The molecule has 2 N–H and O–H groups in total. The minimum atomic E-state index is -1.06. The first-order valence-corrected chi connectivity index (χ1v) is 6.99. The number of carboxylic acids is 1. The van der Waals surface area contributed by atoms with Gasteiger partial charge in [0.05, 0.1) is 29.0 Å². The van der Waals surface area contributed by atoms with Crippen molar-refractivity contribution in [1.82, 2.24) is 14.8 Å². The predicted octanol–water partition coefficient (Wildman–Crippen LogP) is 2.52. The molecule has 0 radical (unpaired) electrons. The molecule has 118 valence electrons. The van der Waals surface area contributed by atoms with E-state index in [4.69, 9.17) is 10.4 Å². The fourth-order valence-corrected chi connectivity index (χ4v) is 2.32. The van der Waals surface area contributed by atoms with E-state index >= 15 is 0 Å². The third-order valence-corrected chi connectivity index (χ3v) is 3.61. The second-order valence-electron chi connectivity index (χ2n) is 5.15. The van der Waals surface area contributed by atoms with Crippen molar-refractivity contribution in [2.75, 3.05) is 0 Å². The second kappa shape index (κ2) is 5.85. The van der Waals surface area contributed by atoms with Crippen molar-refractivity contribution in [1.29, 1.82) is 5.26 Å². The number of aromatic hydroxyl groups is 1. The lowest BCUT2D eigenvalue weighted by Crippen LogP contribution is -2.05. The SMILES string of the molecule is Cc1cc(-n2ncc(-c3ccc(C#N)cc3)c2O)ncc1C(=O)O. The molecule has 7 nitrogen and oxygen atoms in total. The Bertz CT molecular complexity index is 968. The first kappa shape index (κ1) is 15.2. The molecule has 0 saturated heterocycles. The first-order valence-electron chi connectivity index (χ1n) is 6.99.